The first-order chi connectivity index (χ1) is 13.5. The predicted molar refractivity (Wildman–Crippen MR) is 109 cm³/mol. The van der Waals surface area contributed by atoms with Crippen molar-refractivity contribution < 1.29 is 14.3 Å². The van der Waals surface area contributed by atoms with Gasteiger partial charge in [0.05, 0.1) is 10.6 Å². The first-order valence-corrected chi connectivity index (χ1v) is 9.35. The van der Waals surface area contributed by atoms with Crippen LogP contribution < -0.4 is 0 Å². The Balaban J connectivity index is 1.64. The number of benzene rings is 3. The highest BCUT2D eigenvalue weighted by Crippen LogP contribution is 2.39. The molecule has 0 atom stereocenters. The van der Waals surface area contributed by atoms with Crippen LogP contribution in [0.2, 0.25) is 5.02 Å². The Labute approximate surface area is 165 Å². The van der Waals surface area contributed by atoms with Crippen molar-refractivity contribution in [2.75, 3.05) is 0 Å². The summed E-state index contributed by atoms with van der Waals surface area (Å²) in [6.45, 7) is 0. The molecular weight excluding hydrogens is 377 g/mol. The van der Waals surface area contributed by atoms with Gasteiger partial charge in [-0.1, -0.05) is 35.9 Å². The molecule has 138 valence electrons. The standard InChI is InChI=1S/C23H15ClFNO2/c24-19-8-4-12(10-20(19)25)13-1-6-17-18-7-2-14-9-15(23(27)28)3-5-16(14)22(18)26-21(17)11-13/h1,3-6,8-11,26H,2,7H2,(H,27,28). The smallest absolute Gasteiger partial charge is 0.335 e. The molecule has 0 bridgehead atoms. The van der Waals surface area contributed by atoms with E-state index in [0.29, 0.717) is 5.56 Å². The Morgan fingerprint density at radius 2 is 1.79 bits per heavy atom. The fourth-order valence-electron chi connectivity index (χ4n) is 4.04. The number of carboxylic acid groups (broad SMARTS) is 1. The zero-order valence-electron chi connectivity index (χ0n) is 14.7. The lowest BCUT2D eigenvalue weighted by atomic mass is 9.88. The van der Waals surface area contributed by atoms with E-state index < -0.39 is 11.8 Å². The summed E-state index contributed by atoms with van der Waals surface area (Å²) < 4.78 is 13.8. The van der Waals surface area contributed by atoms with E-state index in [9.17, 15) is 14.3 Å². The van der Waals surface area contributed by atoms with Gasteiger partial charge in [0.25, 0.3) is 0 Å². The molecule has 1 aromatic heterocycles. The second kappa shape index (κ2) is 6.21. The van der Waals surface area contributed by atoms with Crippen LogP contribution in [0.25, 0.3) is 33.3 Å². The maximum Gasteiger partial charge on any atom is 0.335 e. The van der Waals surface area contributed by atoms with Gasteiger partial charge in [-0.25, -0.2) is 9.18 Å². The molecule has 28 heavy (non-hydrogen) atoms. The molecule has 5 rings (SSSR count). The molecule has 0 saturated heterocycles. The van der Waals surface area contributed by atoms with Gasteiger partial charge in [0.1, 0.15) is 5.82 Å². The second-order valence-electron chi connectivity index (χ2n) is 7.04. The lowest BCUT2D eigenvalue weighted by Crippen LogP contribution is -2.05. The minimum absolute atomic E-state index is 0.109. The van der Waals surface area contributed by atoms with Crippen LogP contribution in [0.1, 0.15) is 21.5 Å². The molecule has 0 amide bonds. The number of carbonyl (C=O) groups is 1. The van der Waals surface area contributed by atoms with Gasteiger partial charge in [0.2, 0.25) is 0 Å². The zero-order valence-corrected chi connectivity index (χ0v) is 15.5. The number of nitrogens with one attached hydrogen (secondary N) is 1. The fraction of sp³-hybridized carbons (Fsp3) is 0.0870. The predicted octanol–water partition coefficient (Wildman–Crippen LogP) is 6.09. The third-order valence-corrected chi connectivity index (χ3v) is 5.73. The first-order valence-electron chi connectivity index (χ1n) is 8.98. The van der Waals surface area contributed by atoms with Crippen molar-refractivity contribution in [1.29, 1.82) is 0 Å². The van der Waals surface area contributed by atoms with Gasteiger partial charge in [-0.3, -0.25) is 0 Å². The number of aryl methyl sites for hydroxylation is 2. The number of aromatic carboxylic acids is 1. The van der Waals surface area contributed by atoms with Crippen molar-refractivity contribution in [3.05, 3.63) is 82.1 Å². The molecule has 0 spiro atoms. The normalized spacial score (nSPS) is 12.6. The van der Waals surface area contributed by atoms with Crippen molar-refractivity contribution in [3.8, 4) is 22.4 Å². The minimum Gasteiger partial charge on any atom is -0.478 e. The number of hydrogen-bond donors (Lipinski definition) is 2. The van der Waals surface area contributed by atoms with E-state index in [4.69, 9.17) is 11.6 Å². The van der Waals surface area contributed by atoms with Crippen LogP contribution in [0.15, 0.2) is 54.6 Å². The highest BCUT2D eigenvalue weighted by Gasteiger charge is 2.22. The van der Waals surface area contributed by atoms with Crippen molar-refractivity contribution >= 4 is 28.5 Å². The Bertz CT molecular complexity index is 1280. The van der Waals surface area contributed by atoms with Crippen molar-refractivity contribution in [3.63, 3.8) is 0 Å². The number of carboxylic acids is 1. The molecule has 0 fully saturated rings. The molecule has 0 saturated carbocycles. The number of fused-ring (bicyclic) bond motifs is 5. The van der Waals surface area contributed by atoms with E-state index in [1.54, 1.807) is 24.3 Å². The Hall–Kier alpha value is -3.11. The van der Waals surface area contributed by atoms with Crippen LogP contribution in [0.3, 0.4) is 0 Å². The molecule has 0 unspecified atom stereocenters. The highest BCUT2D eigenvalue weighted by molar-refractivity contribution is 6.30. The number of hydrogen-bond acceptors (Lipinski definition) is 1. The molecule has 0 aliphatic heterocycles. The molecule has 1 aliphatic rings. The van der Waals surface area contributed by atoms with Crippen LogP contribution in [-0.2, 0) is 12.8 Å². The summed E-state index contributed by atoms with van der Waals surface area (Å²) >= 11 is 5.79. The van der Waals surface area contributed by atoms with Gasteiger partial charge in [-0.2, -0.15) is 0 Å². The molecular formula is C23H15ClFNO2. The summed E-state index contributed by atoms with van der Waals surface area (Å²) in [7, 11) is 0. The van der Waals surface area contributed by atoms with Crippen LogP contribution in [0, 0.1) is 5.82 Å². The third-order valence-electron chi connectivity index (χ3n) is 5.42. The molecule has 0 radical (unpaired) electrons. The van der Waals surface area contributed by atoms with Gasteiger partial charge in [0.15, 0.2) is 0 Å². The van der Waals surface area contributed by atoms with E-state index in [2.05, 4.69) is 11.1 Å². The largest absolute Gasteiger partial charge is 0.478 e. The fourth-order valence-corrected chi connectivity index (χ4v) is 4.16. The molecule has 2 N–H and O–H groups in total. The number of aromatic nitrogens is 1. The lowest BCUT2D eigenvalue weighted by molar-refractivity contribution is 0.0697. The van der Waals surface area contributed by atoms with Crippen LogP contribution in [0.4, 0.5) is 4.39 Å². The summed E-state index contributed by atoms with van der Waals surface area (Å²) in [6, 6.07) is 16.1. The van der Waals surface area contributed by atoms with Gasteiger partial charge >= 0.3 is 5.97 Å². The monoisotopic (exact) mass is 391 g/mol. The minimum atomic E-state index is -0.912. The Morgan fingerprint density at radius 1 is 1.00 bits per heavy atom. The summed E-state index contributed by atoms with van der Waals surface area (Å²) in [5.74, 6) is -1.35. The number of rotatable bonds is 2. The van der Waals surface area contributed by atoms with Crippen molar-refractivity contribution in [1.82, 2.24) is 4.98 Å². The Morgan fingerprint density at radius 3 is 2.57 bits per heavy atom. The maximum atomic E-state index is 13.8. The van der Waals surface area contributed by atoms with Gasteiger partial charge in [0, 0.05) is 22.2 Å². The van der Waals surface area contributed by atoms with Gasteiger partial charge in [-0.15, -0.1) is 0 Å². The molecule has 3 aromatic carbocycles. The van der Waals surface area contributed by atoms with Gasteiger partial charge < -0.3 is 10.1 Å². The van der Waals surface area contributed by atoms with E-state index in [-0.39, 0.29) is 5.02 Å². The molecule has 3 nitrogen and oxygen atoms in total. The summed E-state index contributed by atoms with van der Waals surface area (Å²) in [6.07, 6.45) is 1.65. The van der Waals surface area contributed by atoms with E-state index in [0.717, 1.165) is 51.7 Å². The second-order valence-corrected chi connectivity index (χ2v) is 7.45. The average Bonchev–Trinajstić information content (AvgIpc) is 3.07. The van der Waals surface area contributed by atoms with Crippen LogP contribution in [-0.4, -0.2) is 16.1 Å². The highest BCUT2D eigenvalue weighted by atomic mass is 35.5. The topological polar surface area (TPSA) is 53.1 Å². The van der Waals surface area contributed by atoms with Crippen molar-refractivity contribution in [2.45, 2.75) is 12.8 Å². The van der Waals surface area contributed by atoms with Crippen molar-refractivity contribution in [2.24, 2.45) is 0 Å². The third kappa shape index (κ3) is 2.60. The summed E-state index contributed by atoms with van der Waals surface area (Å²) in [4.78, 5) is 14.7. The van der Waals surface area contributed by atoms with E-state index in [1.807, 2.05) is 18.2 Å². The quantitative estimate of drug-likeness (QED) is 0.434. The summed E-state index contributed by atoms with van der Waals surface area (Å²) in [5, 5.41) is 10.5. The SMILES string of the molecule is O=C(O)c1ccc2c(c1)CCc1c-2[nH]c2cc(-c3ccc(Cl)c(F)c3)ccc12. The van der Waals surface area contributed by atoms with E-state index in [1.165, 1.54) is 11.6 Å². The molecule has 1 aliphatic carbocycles. The molecule has 1 heterocycles. The number of H-pyrrole nitrogens is 1. The number of aromatic amines is 1. The molecule has 5 heteroatoms. The average molecular weight is 392 g/mol. The Kier molecular flexibility index (Phi) is 3.78. The van der Waals surface area contributed by atoms with Crippen LogP contribution >= 0.6 is 11.6 Å². The maximum absolute atomic E-state index is 13.8. The van der Waals surface area contributed by atoms with Gasteiger partial charge in [-0.05, 0) is 65.4 Å². The molecule has 4 aromatic rings. The van der Waals surface area contributed by atoms with Crippen LogP contribution in [0.5, 0.6) is 0 Å². The lowest BCUT2D eigenvalue weighted by Gasteiger charge is -2.17. The van der Waals surface area contributed by atoms with E-state index >= 15 is 0 Å². The number of halogens is 2. The summed E-state index contributed by atoms with van der Waals surface area (Å²) in [5.41, 5.74) is 7.32. The zero-order chi connectivity index (χ0) is 19.4. The first kappa shape index (κ1) is 17.0.